The fourth-order valence-corrected chi connectivity index (χ4v) is 4.09. The van der Waals surface area contributed by atoms with Gasteiger partial charge in [0.1, 0.15) is 0 Å². The summed E-state index contributed by atoms with van der Waals surface area (Å²) < 4.78 is 2.20. The molecule has 0 aliphatic carbocycles. The predicted octanol–water partition coefficient (Wildman–Crippen LogP) is 3.90. The molecule has 5 heteroatoms. The van der Waals surface area contributed by atoms with Crippen LogP contribution in [-0.2, 0) is 11.2 Å². The van der Waals surface area contributed by atoms with Gasteiger partial charge in [0.25, 0.3) is 5.91 Å². The molecule has 2 amide bonds. The first-order valence-corrected chi connectivity index (χ1v) is 10.4. The molecule has 2 aromatic carbocycles. The van der Waals surface area contributed by atoms with Crippen LogP contribution in [0.15, 0.2) is 60.8 Å². The average Bonchev–Trinajstić information content (AvgIpc) is 3.18. The Balaban J connectivity index is 1.42. The summed E-state index contributed by atoms with van der Waals surface area (Å²) in [5.41, 5.74) is 3.02. The van der Waals surface area contributed by atoms with Crippen LogP contribution in [0.25, 0.3) is 10.9 Å². The van der Waals surface area contributed by atoms with Crippen molar-refractivity contribution in [3.63, 3.8) is 0 Å². The molecule has 29 heavy (non-hydrogen) atoms. The van der Waals surface area contributed by atoms with Gasteiger partial charge in [0, 0.05) is 36.7 Å². The molecule has 1 aliphatic rings. The second-order valence-electron chi connectivity index (χ2n) is 7.75. The van der Waals surface area contributed by atoms with E-state index in [1.807, 2.05) is 18.2 Å². The van der Waals surface area contributed by atoms with Crippen molar-refractivity contribution in [2.75, 3.05) is 18.1 Å². The van der Waals surface area contributed by atoms with Crippen molar-refractivity contribution in [1.29, 1.82) is 0 Å². The predicted molar refractivity (Wildman–Crippen MR) is 116 cm³/mol. The number of carbonyl (C=O) groups is 2. The van der Waals surface area contributed by atoms with Gasteiger partial charge in [0.05, 0.1) is 5.52 Å². The van der Waals surface area contributed by atoms with E-state index < -0.39 is 0 Å². The summed E-state index contributed by atoms with van der Waals surface area (Å²) in [4.78, 5) is 23.7. The second kappa shape index (κ2) is 8.52. The molecule has 0 bridgehead atoms. The molecule has 1 aliphatic heterocycles. The number of piperidine rings is 1. The van der Waals surface area contributed by atoms with E-state index in [1.165, 1.54) is 18.4 Å². The van der Waals surface area contributed by atoms with Crippen LogP contribution >= 0.6 is 0 Å². The lowest BCUT2D eigenvalue weighted by molar-refractivity contribution is -0.119. The minimum atomic E-state index is -0.340. The highest BCUT2D eigenvalue weighted by Gasteiger charge is 2.21. The molecule has 1 fully saturated rings. The summed E-state index contributed by atoms with van der Waals surface area (Å²) in [5.74, 6) is 0.126. The van der Waals surface area contributed by atoms with E-state index in [0.717, 1.165) is 36.3 Å². The van der Waals surface area contributed by atoms with E-state index >= 15 is 0 Å². The van der Waals surface area contributed by atoms with E-state index in [-0.39, 0.29) is 11.8 Å². The van der Waals surface area contributed by atoms with Gasteiger partial charge >= 0.3 is 0 Å². The summed E-state index contributed by atoms with van der Waals surface area (Å²) in [6, 6.07) is 18.4. The van der Waals surface area contributed by atoms with E-state index in [2.05, 4.69) is 51.5 Å². The normalized spacial score (nSPS) is 14.9. The van der Waals surface area contributed by atoms with Crippen molar-refractivity contribution in [1.82, 2.24) is 9.99 Å². The highest BCUT2D eigenvalue weighted by Crippen LogP contribution is 2.24. The number of nitrogens with zero attached hydrogens (tertiary/aromatic N) is 2. The number of amides is 2. The molecule has 2 heterocycles. The van der Waals surface area contributed by atoms with E-state index in [1.54, 1.807) is 13.0 Å². The van der Waals surface area contributed by atoms with Crippen molar-refractivity contribution < 1.29 is 9.59 Å². The Hall–Kier alpha value is -3.08. The molecule has 1 aromatic heterocycles. The van der Waals surface area contributed by atoms with Gasteiger partial charge in [-0.05, 0) is 55.0 Å². The number of aromatic nitrogens is 1. The Morgan fingerprint density at radius 3 is 2.52 bits per heavy atom. The molecule has 3 aromatic rings. The maximum absolute atomic E-state index is 12.2. The summed E-state index contributed by atoms with van der Waals surface area (Å²) in [6.45, 7) is 3.78. The Kier molecular flexibility index (Phi) is 5.65. The number of carbonyl (C=O) groups excluding carboxylic acids is 2. The number of nitrogens with one attached hydrogen (secondary N) is 1. The number of imide groups is 1. The Bertz CT molecular complexity index is 1000. The Morgan fingerprint density at radius 1 is 1.03 bits per heavy atom. The standard InChI is InChI=1S/C24H27N3O2/c1-2-23(28)25-24(29)21-8-9-22-20(17-21)12-15-27(22)26-13-10-19(11-14-26)16-18-6-4-3-5-7-18/h3-9,12,15,17,19H,2,10-11,13-14,16H2,1H3,(H,25,28,29). The molecule has 4 rings (SSSR count). The average molecular weight is 389 g/mol. The second-order valence-corrected chi connectivity index (χ2v) is 7.75. The lowest BCUT2D eigenvalue weighted by Crippen LogP contribution is -2.41. The monoisotopic (exact) mass is 389 g/mol. The number of benzene rings is 2. The van der Waals surface area contributed by atoms with Gasteiger partial charge in [0.15, 0.2) is 0 Å². The zero-order valence-electron chi connectivity index (χ0n) is 16.8. The van der Waals surface area contributed by atoms with E-state index in [4.69, 9.17) is 0 Å². The van der Waals surface area contributed by atoms with Gasteiger partial charge < -0.3 is 5.01 Å². The van der Waals surface area contributed by atoms with Crippen molar-refractivity contribution >= 4 is 22.7 Å². The van der Waals surface area contributed by atoms with Crippen LogP contribution in [0.1, 0.15) is 42.1 Å². The first kappa shape index (κ1) is 19.2. The third-order valence-electron chi connectivity index (χ3n) is 5.77. The summed E-state index contributed by atoms with van der Waals surface area (Å²) >= 11 is 0. The molecule has 0 spiro atoms. The number of hydrogen-bond donors (Lipinski definition) is 1. The van der Waals surface area contributed by atoms with Gasteiger partial charge in [-0.15, -0.1) is 0 Å². The summed E-state index contributed by atoms with van der Waals surface area (Å²) in [6.07, 6.45) is 5.87. The third kappa shape index (κ3) is 4.34. The SMILES string of the molecule is CCC(=O)NC(=O)c1ccc2c(ccn2N2CCC(Cc3ccccc3)CC2)c1. The van der Waals surface area contributed by atoms with Crippen LogP contribution in [0.2, 0.25) is 0 Å². The smallest absolute Gasteiger partial charge is 0.257 e. The molecule has 0 saturated carbocycles. The zero-order valence-corrected chi connectivity index (χ0v) is 16.8. The first-order valence-electron chi connectivity index (χ1n) is 10.4. The molecular weight excluding hydrogens is 362 g/mol. The third-order valence-corrected chi connectivity index (χ3v) is 5.77. The van der Waals surface area contributed by atoms with Gasteiger partial charge in [-0.25, -0.2) is 0 Å². The lowest BCUT2D eigenvalue weighted by Gasteiger charge is -2.34. The molecule has 0 radical (unpaired) electrons. The van der Waals surface area contributed by atoms with Crippen molar-refractivity contribution in [2.24, 2.45) is 5.92 Å². The highest BCUT2D eigenvalue weighted by atomic mass is 16.2. The van der Waals surface area contributed by atoms with Crippen LogP contribution in [-0.4, -0.2) is 29.6 Å². The van der Waals surface area contributed by atoms with Crippen LogP contribution in [0.3, 0.4) is 0 Å². The molecular formula is C24H27N3O2. The first-order chi connectivity index (χ1) is 14.1. The molecule has 150 valence electrons. The van der Waals surface area contributed by atoms with Crippen LogP contribution in [0.4, 0.5) is 0 Å². The Morgan fingerprint density at radius 2 is 1.79 bits per heavy atom. The fraction of sp³-hybridized carbons (Fsp3) is 0.333. The summed E-state index contributed by atoms with van der Waals surface area (Å²) in [7, 11) is 0. The van der Waals surface area contributed by atoms with Gasteiger partial charge in [-0.2, -0.15) is 0 Å². The van der Waals surface area contributed by atoms with Crippen molar-refractivity contribution in [2.45, 2.75) is 32.6 Å². The van der Waals surface area contributed by atoms with Crippen LogP contribution in [0, 0.1) is 5.92 Å². The van der Waals surface area contributed by atoms with Crippen LogP contribution < -0.4 is 10.3 Å². The molecule has 1 N–H and O–H groups in total. The molecule has 0 unspecified atom stereocenters. The van der Waals surface area contributed by atoms with Crippen LogP contribution in [0.5, 0.6) is 0 Å². The zero-order chi connectivity index (χ0) is 20.2. The fourth-order valence-electron chi connectivity index (χ4n) is 4.09. The molecule has 0 atom stereocenters. The minimum Gasteiger partial charge on any atom is -0.313 e. The molecule has 5 nitrogen and oxygen atoms in total. The van der Waals surface area contributed by atoms with Crippen molar-refractivity contribution in [3.05, 3.63) is 71.9 Å². The quantitative estimate of drug-likeness (QED) is 0.720. The number of fused-ring (bicyclic) bond motifs is 1. The maximum Gasteiger partial charge on any atom is 0.257 e. The lowest BCUT2D eigenvalue weighted by atomic mass is 9.91. The number of rotatable bonds is 5. The van der Waals surface area contributed by atoms with Gasteiger partial charge in [-0.3, -0.25) is 19.6 Å². The molecule has 1 saturated heterocycles. The highest BCUT2D eigenvalue weighted by molar-refractivity contribution is 6.06. The largest absolute Gasteiger partial charge is 0.313 e. The topological polar surface area (TPSA) is 54.3 Å². The maximum atomic E-state index is 12.2. The van der Waals surface area contributed by atoms with E-state index in [0.29, 0.717) is 12.0 Å². The minimum absolute atomic E-state index is 0.258. The van der Waals surface area contributed by atoms with Crippen molar-refractivity contribution in [3.8, 4) is 0 Å². The van der Waals surface area contributed by atoms with Gasteiger partial charge in [0.2, 0.25) is 5.91 Å². The number of hydrogen-bond acceptors (Lipinski definition) is 3. The Labute approximate surface area is 171 Å². The van der Waals surface area contributed by atoms with E-state index in [9.17, 15) is 9.59 Å². The van der Waals surface area contributed by atoms with Gasteiger partial charge in [-0.1, -0.05) is 37.3 Å². The summed E-state index contributed by atoms with van der Waals surface area (Å²) in [5, 5.41) is 5.80.